The van der Waals surface area contributed by atoms with E-state index in [2.05, 4.69) is 49.5 Å². The minimum absolute atomic E-state index is 0.210. The summed E-state index contributed by atoms with van der Waals surface area (Å²) in [5.41, 5.74) is 1.39. The van der Waals surface area contributed by atoms with Crippen molar-refractivity contribution in [2.75, 3.05) is 19.7 Å². The van der Waals surface area contributed by atoms with Gasteiger partial charge >= 0.3 is 0 Å². The predicted molar refractivity (Wildman–Crippen MR) is 68.6 cm³/mol. The van der Waals surface area contributed by atoms with Crippen LogP contribution >= 0.6 is 0 Å². The number of hydrogen-bond donors (Lipinski definition) is 2. The van der Waals surface area contributed by atoms with Crippen molar-refractivity contribution in [1.29, 1.82) is 0 Å². The molecule has 2 heteroatoms. The predicted octanol–water partition coefficient (Wildman–Crippen LogP) is 2.40. The largest absolute Gasteiger partial charge is 0.395 e. The van der Waals surface area contributed by atoms with Crippen molar-refractivity contribution in [2.45, 2.75) is 26.2 Å². The average Bonchev–Trinajstić information content (AvgIpc) is 2.35. The molecule has 0 fully saturated rings. The summed E-state index contributed by atoms with van der Waals surface area (Å²) in [6, 6.07) is 10.6. The summed E-state index contributed by atoms with van der Waals surface area (Å²) in [6.07, 6.45) is 1.18. The van der Waals surface area contributed by atoms with Crippen molar-refractivity contribution in [1.82, 2.24) is 5.32 Å². The van der Waals surface area contributed by atoms with Crippen molar-refractivity contribution in [2.24, 2.45) is 5.92 Å². The number of aliphatic hydroxyl groups excluding tert-OH is 1. The Balaban J connectivity index is 2.64. The number of benzene rings is 1. The van der Waals surface area contributed by atoms with Crippen LogP contribution in [0.25, 0.3) is 0 Å². The third kappa shape index (κ3) is 3.95. The van der Waals surface area contributed by atoms with Gasteiger partial charge in [-0.25, -0.2) is 0 Å². The molecule has 1 rings (SSSR count). The second-order valence-corrected chi connectivity index (χ2v) is 4.33. The van der Waals surface area contributed by atoms with Gasteiger partial charge in [-0.2, -0.15) is 0 Å². The highest BCUT2D eigenvalue weighted by atomic mass is 16.3. The smallest absolute Gasteiger partial charge is 0.0555 e. The first kappa shape index (κ1) is 13.2. The molecular weight excluding hydrogens is 198 g/mol. The lowest BCUT2D eigenvalue weighted by Crippen LogP contribution is -2.27. The van der Waals surface area contributed by atoms with Crippen LogP contribution in [0.1, 0.15) is 31.7 Å². The van der Waals surface area contributed by atoms with Gasteiger partial charge in [-0.15, -0.1) is 0 Å². The normalized spacial score (nSPS) is 14.7. The number of rotatable bonds is 7. The molecule has 0 bridgehead atoms. The van der Waals surface area contributed by atoms with Crippen molar-refractivity contribution < 1.29 is 5.11 Å². The lowest BCUT2D eigenvalue weighted by Gasteiger charge is -2.23. The Morgan fingerprint density at radius 2 is 1.94 bits per heavy atom. The maximum Gasteiger partial charge on any atom is 0.0555 e. The van der Waals surface area contributed by atoms with Gasteiger partial charge in [0.15, 0.2) is 0 Å². The highest BCUT2D eigenvalue weighted by Gasteiger charge is 2.16. The van der Waals surface area contributed by atoms with Crippen LogP contribution in [0.2, 0.25) is 0 Å². The highest BCUT2D eigenvalue weighted by Crippen LogP contribution is 2.25. The van der Waals surface area contributed by atoms with Gasteiger partial charge in [0.25, 0.3) is 0 Å². The lowest BCUT2D eigenvalue weighted by atomic mass is 9.85. The first-order valence-electron chi connectivity index (χ1n) is 6.16. The first-order valence-corrected chi connectivity index (χ1v) is 6.16. The summed E-state index contributed by atoms with van der Waals surface area (Å²) in [7, 11) is 0. The molecule has 0 saturated carbocycles. The zero-order valence-corrected chi connectivity index (χ0v) is 10.3. The van der Waals surface area contributed by atoms with Crippen LogP contribution in [0, 0.1) is 5.92 Å². The maximum atomic E-state index is 8.78. The molecule has 0 saturated heterocycles. The molecule has 1 aromatic carbocycles. The fourth-order valence-corrected chi connectivity index (χ4v) is 1.97. The Morgan fingerprint density at radius 1 is 1.25 bits per heavy atom. The van der Waals surface area contributed by atoms with Crippen molar-refractivity contribution in [3.05, 3.63) is 35.9 Å². The zero-order chi connectivity index (χ0) is 11.8. The van der Waals surface area contributed by atoms with Gasteiger partial charge in [0.05, 0.1) is 6.61 Å². The number of hydrogen-bond acceptors (Lipinski definition) is 2. The van der Waals surface area contributed by atoms with Gasteiger partial charge < -0.3 is 10.4 Å². The van der Waals surface area contributed by atoms with Gasteiger partial charge in [-0.05, 0) is 17.4 Å². The topological polar surface area (TPSA) is 32.3 Å². The zero-order valence-electron chi connectivity index (χ0n) is 10.3. The van der Waals surface area contributed by atoms with E-state index < -0.39 is 0 Å². The minimum Gasteiger partial charge on any atom is -0.395 e. The molecule has 1 aromatic rings. The van der Waals surface area contributed by atoms with Crippen molar-refractivity contribution in [3.63, 3.8) is 0 Å². The Morgan fingerprint density at radius 3 is 2.50 bits per heavy atom. The Bertz CT molecular complexity index is 273. The molecule has 2 nitrogen and oxygen atoms in total. The molecule has 0 amide bonds. The van der Waals surface area contributed by atoms with Crippen LogP contribution in [0.3, 0.4) is 0 Å². The third-order valence-electron chi connectivity index (χ3n) is 3.21. The van der Waals surface area contributed by atoms with Gasteiger partial charge in [0, 0.05) is 13.1 Å². The van der Waals surface area contributed by atoms with Gasteiger partial charge in [-0.1, -0.05) is 50.6 Å². The summed E-state index contributed by atoms with van der Waals surface area (Å²) in [5, 5.41) is 12.1. The second kappa shape index (κ2) is 7.42. The van der Waals surface area contributed by atoms with E-state index in [1.807, 2.05) is 0 Å². The quantitative estimate of drug-likeness (QED) is 0.693. The monoisotopic (exact) mass is 221 g/mol. The summed E-state index contributed by atoms with van der Waals surface area (Å²) < 4.78 is 0. The fraction of sp³-hybridized carbons (Fsp3) is 0.571. The molecule has 0 aliphatic rings. The van der Waals surface area contributed by atoms with E-state index in [9.17, 15) is 0 Å². The molecule has 0 aromatic heterocycles. The lowest BCUT2D eigenvalue weighted by molar-refractivity contribution is 0.287. The van der Waals surface area contributed by atoms with Crippen LogP contribution in [0.15, 0.2) is 30.3 Å². The Kier molecular flexibility index (Phi) is 6.12. The van der Waals surface area contributed by atoms with E-state index in [4.69, 9.17) is 5.11 Å². The van der Waals surface area contributed by atoms with E-state index in [-0.39, 0.29) is 6.61 Å². The van der Waals surface area contributed by atoms with Gasteiger partial charge in [0.2, 0.25) is 0 Å². The van der Waals surface area contributed by atoms with E-state index in [0.717, 1.165) is 6.54 Å². The molecule has 0 spiro atoms. The molecule has 0 radical (unpaired) electrons. The molecule has 0 heterocycles. The molecule has 2 unspecified atom stereocenters. The highest BCUT2D eigenvalue weighted by molar-refractivity contribution is 5.20. The molecule has 2 N–H and O–H groups in total. The van der Waals surface area contributed by atoms with E-state index >= 15 is 0 Å². The Labute approximate surface area is 98.7 Å². The number of nitrogens with one attached hydrogen (secondary N) is 1. The molecule has 16 heavy (non-hydrogen) atoms. The first-order chi connectivity index (χ1) is 7.79. The van der Waals surface area contributed by atoms with Crippen LogP contribution in [-0.4, -0.2) is 24.8 Å². The molecule has 0 aliphatic heterocycles. The summed E-state index contributed by atoms with van der Waals surface area (Å²) in [6.45, 7) is 6.35. The van der Waals surface area contributed by atoms with Crippen molar-refractivity contribution >= 4 is 0 Å². The SMILES string of the molecule is CCC(C)C(CNCCO)c1ccccc1. The summed E-state index contributed by atoms with van der Waals surface area (Å²) >= 11 is 0. The second-order valence-electron chi connectivity index (χ2n) is 4.33. The average molecular weight is 221 g/mol. The molecule has 0 aliphatic carbocycles. The molecule has 2 atom stereocenters. The third-order valence-corrected chi connectivity index (χ3v) is 3.21. The minimum atomic E-state index is 0.210. The van der Waals surface area contributed by atoms with Crippen LogP contribution in [-0.2, 0) is 0 Å². The van der Waals surface area contributed by atoms with E-state index in [1.54, 1.807) is 0 Å². The van der Waals surface area contributed by atoms with Crippen LogP contribution in [0.4, 0.5) is 0 Å². The maximum absolute atomic E-state index is 8.78. The van der Waals surface area contributed by atoms with Crippen molar-refractivity contribution in [3.8, 4) is 0 Å². The molecule has 90 valence electrons. The fourth-order valence-electron chi connectivity index (χ4n) is 1.97. The molecular formula is C14H23NO. The summed E-state index contributed by atoms with van der Waals surface area (Å²) in [5.74, 6) is 1.20. The Hall–Kier alpha value is -0.860. The summed E-state index contributed by atoms with van der Waals surface area (Å²) in [4.78, 5) is 0. The van der Waals surface area contributed by atoms with Crippen LogP contribution in [0.5, 0.6) is 0 Å². The van der Waals surface area contributed by atoms with E-state index in [0.29, 0.717) is 18.4 Å². The van der Waals surface area contributed by atoms with Gasteiger partial charge in [0.1, 0.15) is 0 Å². The number of aliphatic hydroxyl groups is 1. The standard InChI is InChI=1S/C14H23NO/c1-3-12(2)14(11-15-9-10-16)13-7-5-4-6-8-13/h4-8,12,14-16H,3,9-11H2,1-2H3. The van der Waals surface area contributed by atoms with Crippen LogP contribution < -0.4 is 5.32 Å². The van der Waals surface area contributed by atoms with Gasteiger partial charge in [-0.3, -0.25) is 0 Å². The van der Waals surface area contributed by atoms with E-state index in [1.165, 1.54) is 12.0 Å².